The molecule has 1 unspecified atom stereocenters. The summed E-state index contributed by atoms with van der Waals surface area (Å²) in [7, 11) is 1.50. The van der Waals surface area contributed by atoms with Crippen LogP contribution in [0.1, 0.15) is 6.55 Å². The van der Waals surface area contributed by atoms with Gasteiger partial charge in [0.2, 0.25) is 5.88 Å². The van der Waals surface area contributed by atoms with Crippen molar-refractivity contribution in [2.45, 2.75) is 12.7 Å². The summed E-state index contributed by atoms with van der Waals surface area (Å²) in [5.41, 5.74) is 6.34. The number of nitrogens with zero attached hydrogens (tertiary/aromatic N) is 7. The number of anilines is 2. The van der Waals surface area contributed by atoms with Gasteiger partial charge in [-0.05, 0) is 18.2 Å². The number of hydrogen-bond donors (Lipinski definition) is 2. The van der Waals surface area contributed by atoms with Crippen LogP contribution in [0.2, 0.25) is 5.15 Å². The number of aromatic nitrogens is 7. The number of ether oxygens (including phenoxy) is 1. The van der Waals surface area contributed by atoms with Gasteiger partial charge in [-0.3, -0.25) is 0 Å². The molecular formula is C21H19ClF5N9O. The van der Waals surface area contributed by atoms with E-state index < -0.39 is 31.8 Å². The lowest BCUT2D eigenvalue weighted by Crippen LogP contribution is -2.35. The summed E-state index contributed by atoms with van der Waals surface area (Å²) in [6, 6.07) is 4.03. The minimum absolute atomic E-state index is 0.0130. The average molecular weight is 544 g/mol. The molecule has 196 valence electrons. The molecule has 0 saturated carbocycles. The van der Waals surface area contributed by atoms with Crippen LogP contribution in [0, 0.1) is 5.92 Å². The summed E-state index contributed by atoms with van der Waals surface area (Å²) in [5, 5.41) is 10.4. The molecule has 16 heteroatoms. The van der Waals surface area contributed by atoms with E-state index >= 15 is 0 Å². The van der Waals surface area contributed by atoms with Gasteiger partial charge in [-0.25, -0.2) is 24.3 Å². The van der Waals surface area contributed by atoms with E-state index in [0.717, 1.165) is 6.20 Å². The first kappa shape index (κ1) is 26.1. The number of halogens is 6. The third-order valence-electron chi connectivity index (χ3n) is 5.18. The van der Waals surface area contributed by atoms with E-state index in [1.807, 2.05) is 0 Å². The molecule has 4 rings (SSSR count). The Morgan fingerprint density at radius 1 is 1.16 bits per heavy atom. The molecule has 0 aromatic carbocycles. The maximum absolute atomic E-state index is 13.9. The smallest absolute Gasteiger partial charge is 0.396 e. The number of nitrogens with two attached hydrogens (primary N) is 1. The van der Waals surface area contributed by atoms with Crippen molar-refractivity contribution in [1.29, 1.82) is 0 Å². The third kappa shape index (κ3) is 6.04. The molecule has 0 bridgehead atoms. The van der Waals surface area contributed by atoms with Gasteiger partial charge in [0.15, 0.2) is 5.82 Å². The molecule has 10 nitrogen and oxygen atoms in total. The molecule has 0 aliphatic carbocycles. The van der Waals surface area contributed by atoms with E-state index in [4.69, 9.17) is 22.1 Å². The van der Waals surface area contributed by atoms with Crippen molar-refractivity contribution in [2.75, 3.05) is 24.2 Å². The molecule has 1 atom stereocenters. The minimum Gasteiger partial charge on any atom is -0.477 e. The molecule has 0 spiro atoms. The summed E-state index contributed by atoms with van der Waals surface area (Å²) in [4.78, 5) is 12.0. The molecule has 37 heavy (non-hydrogen) atoms. The molecule has 3 N–H and O–H groups in total. The van der Waals surface area contributed by atoms with Gasteiger partial charge in [-0.1, -0.05) is 11.6 Å². The monoisotopic (exact) mass is 543 g/mol. The van der Waals surface area contributed by atoms with E-state index in [2.05, 4.69) is 30.5 Å². The summed E-state index contributed by atoms with van der Waals surface area (Å²) in [6.07, 6.45) is 0.372. The zero-order valence-corrected chi connectivity index (χ0v) is 19.8. The number of alkyl halides is 5. The largest absolute Gasteiger partial charge is 0.477 e. The lowest BCUT2D eigenvalue weighted by atomic mass is 10.1. The Morgan fingerprint density at radius 3 is 2.62 bits per heavy atom. The fourth-order valence-electron chi connectivity index (χ4n) is 3.31. The molecule has 0 amide bonds. The quantitative estimate of drug-likeness (QED) is 0.235. The maximum Gasteiger partial charge on any atom is 0.396 e. The van der Waals surface area contributed by atoms with Gasteiger partial charge in [0, 0.05) is 43.4 Å². The van der Waals surface area contributed by atoms with Gasteiger partial charge in [-0.2, -0.15) is 32.1 Å². The molecule has 4 aromatic heterocycles. The first-order chi connectivity index (χ1) is 17.5. The Balaban J connectivity index is 1.54. The van der Waals surface area contributed by atoms with Gasteiger partial charge in [0.25, 0.3) is 0 Å². The van der Waals surface area contributed by atoms with E-state index in [-0.39, 0.29) is 45.2 Å². The molecule has 0 fully saturated rings. The molecule has 0 radical (unpaired) electrons. The Labute approximate surface area is 211 Å². The SMILES string of the molecule is Cn1ncc(-c2nccc(N)n2)c1OCC(CNc1cc(Cl)ncc1-c1ccn(C(F)F)n1)C(F)(F)F. The number of pyridine rings is 1. The Hall–Kier alpha value is -4.01. The van der Waals surface area contributed by atoms with Crippen molar-refractivity contribution >= 4 is 23.1 Å². The summed E-state index contributed by atoms with van der Waals surface area (Å²) in [5.74, 6) is -1.66. The maximum atomic E-state index is 13.9. The highest BCUT2D eigenvalue weighted by molar-refractivity contribution is 6.29. The van der Waals surface area contributed by atoms with Gasteiger partial charge in [-0.15, -0.1) is 0 Å². The van der Waals surface area contributed by atoms with Gasteiger partial charge in [0.05, 0.1) is 11.9 Å². The second-order valence-electron chi connectivity index (χ2n) is 7.73. The van der Waals surface area contributed by atoms with Crippen molar-refractivity contribution in [3.63, 3.8) is 0 Å². The van der Waals surface area contributed by atoms with Crippen LogP contribution in [0.5, 0.6) is 5.88 Å². The molecule has 4 heterocycles. The Morgan fingerprint density at radius 2 is 1.95 bits per heavy atom. The molecule has 4 aromatic rings. The normalized spacial score (nSPS) is 12.6. The zero-order chi connectivity index (χ0) is 26.7. The molecule has 0 aliphatic heterocycles. The van der Waals surface area contributed by atoms with E-state index in [9.17, 15) is 22.0 Å². The second-order valence-corrected chi connectivity index (χ2v) is 8.12. The van der Waals surface area contributed by atoms with Gasteiger partial charge in [0.1, 0.15) is 29.1 Å². The summed E-state index contributed by atoms with van der Waals surface area (Å²) in [6.45, 7) is -4.29. The first-order valence-electron chi connectivity index (χ1n) is 10.6. The Kier molecular flexibility index (Phi) is 7.42. The number of rotatable bonds is 9. The third-order valence-corrected chi connectivity index (χ3v) is 5.39. The second kappa shape index (κ2) is 10.5. The number of aryl methyl sites for hydroxylation is 1. The zero-order valence-electron chi connectivity index (χ0n) is 19.0. The van der Waals surface area contributed by atoms with Crippen LogP contribution in [-0.2, 0) is 7.05 Å². The lowest BCUT2D eigenvalue weighted by Gasteiger charge is -2.22. The Bertz CT molecular complexity index is 1370. The fraction of sp³-hybridized carbons (Fsp3) is 0.286. The first-order valence-corrected chi connectivity index (χ1v) is 10.9. The summed E-state index contributed by atoms with van der Waals surface area (Å²) < 4.78 is 74.7. The molecular weight excluding hydrogens is 525 g/mol. The van der Waals surface area contributed by atoms with Crippen molar-refractivity contribution in [3.8, 4) is 28.5 Å². The minimum atomic E-state index is -4.66. The number of nitrogen functional groups attached to an aromatic ring is 1. The standard InChI is InChI=1S/C21H19ClF5N9O/c1-35-19(13(9-32-35)18-29-4-2-17(28)33-18)37-10-11(21(25,26)27)7-30-15-6-16(22)31-8-12(15)14-3-5-36(34-14)20(23)24/h2-6,8-9,11,20H,7,10H2,1H3,(H,30,31)(H2,28,29,33). The van der Waals surface area contributed by atoms with Gasteiger partial charge < -0.3 is 15.8 Å². The van der Waals surface area contributed by atoms with Crippen molar-refractivity contribution < 1.29 is 26.7 Å². The molecule has 0 aliphatic rings. The number of hydrogen-bond acceptors (Lipinski definition) is 8. The van der Waals surface area contributed by atoms with Crippen LogP contribution in [0.3, 0.4) is 0 Å². The van der Waals surface area contributed by atoms with Crippen LogP contribution in [0.15, 0.2) is 43.0 Å². The van der Waals surface area contributed by atoms with Crippen molar-refractivity contribution in [3.05, 3.63) is 48.1 Å². The average Bonchev–Trinajstić information content (AvgIpc) is 3.46. The predicted molar refractivity (Wildman–Crippen MR) is 124 cm³/mol. The van der Waals surface area contributed by atoms with E-state index in [1.165, 1.54) is 48.5 Å². The lowest BCUT2D eigenvalue weighted by molar-refractivity contribution is -0.177. The molecule has 0 saturated heterocycles. The predicted octanol–water partition coefficient (Wildman–Crippen LogP) is 4.44. The topological polar surface area (TPSA) is 122 Å². The van der Waals surface area contributed by atoms with E-state index in [1.54, 1.807) is 0 Å². The van der Waals surface area contributed by atoms with Crippen LogP contribution >= 0.6 is 11.6 Å². The highest BCUT2D eigenvalue weighted by atomic mass is 35.5. The van der Waals surface area contributed by atoms with Crippen LogP contribution in [0.25, 0.3) is 22.6 Å². The summed E-state index contributed by atoms with van der Waals surface area (Å²) >= 11 is 5.92. The highest BCUT2D eigenvalue weighted by Gasteiger charge is 2.40. The van der Waals surface area contributed by atoms with Crippen molar-refractivity contribution in [1.82, 2.24) is 34.5 Å². The van der Waals surface area contributed by atoms with Crippen molar-refractivity contribution in [2.24, 2.45) is 13.0 Å². The van der Waals surface area contributed by atoms with Crippen LogP contribution in [0.4, 0.5) is 33.5 Å². The highest BCUT2D eigenvalue weighted by Crippen LogP contribution is 2.33. The number of nitrogens with one attached hydrogen (secondary N) is 1. The van der Waals surface area contributed by atoms with E-state index in [0.29, 0.717) is 4.68 Å². The van der Waals surface area contributed by atoms with Crippen LogP contribution < -0.4 is 15.8 Å². The fourth-order valence-corrected chi connectivity index (χ4v) is 3.46. The van der Waals surface area contributed by atoms with Gasteiger partial charge >= 0.3 is 12.7 Å². The van der Waals surface area contributed by atoms with Crippen LogP contribution in [-0.4, -0.2) is 53.8 Å².